The Labute approximate surface area is 676 Å². The Balaban J connectivity index is 0.000000152. The molecule has 0 spiro atoms. The molecule has 14 rings (SSSR count). The van der Waals surface area contributed by atoms with Gasteiger partial charge in [-0.1, -0.05) is 88.7 Å². The van der Waals surface area contributed by atoms with Gasteiger partial charge in [-0.15, -0.1) is 0 Å². The molecule has 0 fully saturated rings. The number of fused-ring (bicyclic) bond motifs is 6. The van der Waals surface area contributed by atoms with Crippen LogP contribution in [0.4, 0.5) is 4.39 Å². The highest BCUT2D eigenvalue weighted by Gasteiger charge is 2.24. The third-order valence-corrected chi connectivity index (χ3v) is 19.8. The molecule has 1 aromatic heterocycles. The van der Waals surface area contributed by atoms with Crippen LogP contribution in [0.15, 0.2) is 244 Å². The van der Waals surface area contributed by atoms with E-state index in [0.717, 1.165) is 91.0 Å². The number of carboxylic acids is 3. The van der Waals surface area contributed by atoms with Crippen molar-refractivity contribution in [2.45, 2.75) is 24.8 Å². The molecule has 0 atom stereocenters. The SMILES string of the molecule is BrCc1ccc2c(c1)Cc1cccc(Br)c1O2.COC(=O)c1ccc(F)c(C(=O)OC)c1.COC(=O)c1ccc(Oc2ccccc2Br)c(C(=O)OC)c1.O=C(O)c1ccc(Oc2ccccc2Br)c(C(=O)O)c1.O=C(O)c1ccc2oc3c(Br)cccc3c(=O)c2c1.OCc1ccc2c(c1)Cc1cccc(Br)c1O2. The van der Waals surface area contributed by atoms with Gasteiger partial charge >= 0.3 is 41.8 Å². The maximum atomic E-state index is 13.1. The van der Waals surface area contributed by atoms with Crippen molar-refractivity contribution < 1.29 is 101 Å². The molecule has 11 aromatic carbocycles. The summed E-state index contributed by atoms with van der Waals surface area (Å²) < 4.78 is 64.1. The molecule has 2 aliphatic heterocycles. The zero-order chi connectivity index (χ0) is 79.5. The normalized spacial score (nSPS) is 10.9. The fourth-order valence-corrected chi connectivity index (χ4v) is 13.0. The van der Waals surface area contributed by atoms with Crippen molar-refractivity contribution in [2.24, 2.45) is 0 Å². The fraction of sp³-hybridized carbons (Fsp3) is 0.0976. The van der Waals surface area contributed by atoms with Gasteiger partial charge in [-0.05, 0) is 241 Å². The molecule has 4 N–H and O–H groups in total. The number of carbonyl (C=O) groups excluding carboxylic acids is 4. The van der Waals surface area contributed by atoms with Crippen molar-refractivity contribution >= 4 is 159 Å². The van der Waals surface area contributed by atoms with Crippen molar-refractivity contribution in [3.63, 3.8) is 0 Å². The van der Waals surface area contributed by atoms with Crippen LogP contribution < -0.4 is 24.4 Å². The number of aliphatic hydroxyl groups excluding tert-OH is 1. The summed E-state index contributed by atoms with van der Waals surface area (Å²) in [5, 5.41) is 37.7. The first-order chi connectivity index (χ1) is 52.8. The number of rotatable bonds is 13. The van der Waals surface area contributed by atoms with Crippen LogP contribution in [0.3, 0.4) is 0 Å². The Morgan fingerprint density at radius 3 is 1.35 bits per heavy atom. The monoisotopic (exact) mass is 1870 g/mol. The van der Waals surface area contributed by atoms with Gasteiger partial charge in [0.1, 0.15) is 68.5 Å². The lowest BCUT2D eigenvalue weighted by molar-refractivity contribution is 0.0578. The lowest BCUT2D eigenvalue weighted by atomic mass is 9.99. The van der Waals surface area contributed by atoms with Crippen molar-refractivity contribution in [1.82, 2.24) is 0 Å². The van der Waals surface area contributed by atoms with E-state index < -0.39 is 47.6 Å². The first-order valence-corrected chi connectivity index (χ1v) is 37.3. The molecule has 3 heterocycles. The van der Waals surface area contributed by atoms with Crippen molar-refractivity contribution in [3.8, 4) is 46.0 Å². The third kappa shape index (κ3) is 20.9. The summed E-state index contributed by atoms with van der Waals surface area (Å²) in [5.41, 5.74) is 7.52. The number of hydrogen-bond donors (Lipinski definition) is 4. The largest absolute Gasteiger partial charge is 0.478 e. The van der Waals surface area contributed by atoms with E-state index in [1.807, 2.05) is 60.7 Å². The zero-order valence-electron chi connectivity index (χ0n) is 57.9. The Bertz CT molecular complexity index is 5470. The van der Waals surface area contributed by atoms with E-state index in [-0.39, 0.29) is 67.9 Å². The molecular weight excluding hydrogens is 1820 g/mol. The molecule has 0 saturated heterocycles. The molecule has 562 valence electrons. The summed E-state index contributed by atoms with van der Waals surface area (Å²) in [7, 11) is 4.86. The van der Waals surface area contributed by atoms with Crippen LogP contribution in [0.2, 0.25) is 0 Å². The van der Waals surface area contributed by atoms with Gasteiger partial charge < -0.3 is 62.7 Å². The number of aliphatic hydroxyl groups is 1. The number of alkyl halides is 1. The molecule has 0 radical (unpaired) electrons. The molecule has 28 heteroatoms. The standard InChI is InChI=1S/C16H13BrO5.C14H10Br2O.C14H9BrO5.C14H7BrO4.C14H11BrO2.C10H9FO4/c1-20-15(18)10-7-8-13(11(9-10)16(19)21-2)22-14-6-4-3-5-12(14)17;15-8-9-4-5-13-11(6-9)7-10-2-1-3-12(16)14(10)17-13;15-10-3-1-2-4-12(10)20-11-6-5-8(13(16)17)7-9(11)14(18)19;15-10-3-1-2-8-12(16)9-6-7(14(17)18)4-5-11(9)19-13(8)10;15-12-3-1-2-10-7-11-6-9(8-16)4-5-13(11)17-14(10)12;1-14-9(12)6-3-4-8(11)7(5-6)10(13)15-2/h3-9H,1-2H3;1-6H,7-8H2;1-7H,(H,16,17)(H,18,19);1-6H,(H,17,18);1-6,16H,7-8H2;3-5H,1-2H3. The van der Waals surface area contributed by atoms with E-state index >= 15 is 0 Å². The highest BCUT2D eigenvalue weighted by Crippen LogP contribution is 2.43. The highest BCUT2D eigenvalue weighted by molar-refractivity contribution is 9.11. The van der Waals surface area contributed by atoms with Crippen LogP contribution in [-0.2, 0) is 43.7 Å². The highest BCUT2D eigenvalue weighted by atomic mass is 79.9. The van der Waals surface area contributed by atoms with E-state index in [4.69, 9.17) is 48.5 Å². The van der Waals surface area contributed by atoms with Gasteiger partial charge in [-0.2, -0.15) is 0 Å². The van der Waals surface area contributed by atoms with Crippen LogP contribution in [0.5, 0.6) is 46.0 Å². The van der Waals surface area contributed by atoms with E-state index in [0.29, 0.717) is 37.0 Å². The minimum atomic E-state index is -1.25. The lowest BCUT2D eigenvalue weighted by Crippen LogP contribution is -2.08. The average Bonchev–Trinajstić information content (AvgIpc) is 0.771. The molecule has 0 bridgehead atoms. The number of carboxylic acid groups (broad SMARTS) is 3. The van der Waals surface area contributed by atoms with Crippen LogP contribution in [0.1, 0.15) is 106 Å². The molecule has 0 saturated carbocycles. The predicted molar refractivity (Wildman–Crippen MR) is 427 cm³/mol. The first kappa shape index (κ1) is 83.2. The predicted octanol–water partition coefficient (Wildman–Crippen LogP) is 20.9. The van der Waals surface area contributed by atoms with Gasteiger partial charge in [0.2, 0.25) is 5.43 Å². The minimum Gasteiger partial charge on any atom is -0.478 e. The Kier molecular flexibility index (Phi) is 29.5. The number of halogens is 7. The Morgan fingerprint density at radius 1 is 0.409 bits per heavy atom. The first-order valence-electron chi connectivity index (χ1n) is 32.2. The van der Waals surface area contributed by atoms with Gasteiger partial charge in [0.05, 0.1) is 96.0 Å². The molecule has 21 nitrogen and oxygen atoms in total. The Hall–Kier alpha value is -10.9. The van der Waals surface area contributed by atoms with Gasteiger partial charge in [-0.3, -0.25) is 4.79 Å². The van der Waals surface area contributed by atoms with E-state index in [1.54, 1.807) is 54.6 Å². The zero-order valence-corrected chi connectivity index (χ0v) is 67.4. The van der Waals surface area contributed by atoms with E-state index in [1.165, 1.54) is 98.2 Å². The van der Waals surface area contributed by atoms with Crippen molar-refractivity contribution in [3.05, 3.63) is 323 Å². The van der Waals surface area contributed by atoms with Crippen molar-refractivity contribution in [2.75, 3.05) is 28.4 Å². The van der Waals surface area contributed by atoms with Gasteiger partial charge in [0, 0.05) is 29.3 Å². The number of aromatic carboxylic acids is 3. The summed E-state index contributed by atoms with van der Waals surface area (Å²) in [5.74, 6) is -1.85. The van der Waals surface area contributed by atoms with Gasteiger partial charge in [0.15, 0.2) is 5.58 Å². The summed E-state index contributed by atoms with van der Waals surface area (Å²) in [6, 6.07) is 59.4. The number of carbonyl (C=O) groups is 7. The number of ether oxygens (including phenoxy) is 8. The number of para-hydroxylation sites is 5. The smallest absolute Gasteiger partial charge is 0.341 e. The van der Waals surface area contributed by atoms with E-state index in [2.05, 4.69) is 134 Å². The topological polar surface area (TPSA) is 304 Å². The fourth-order valence-electron chi connectivity index (χ4n) is 10.5. The summed E-state index contributed by atoms with van der Waals surface area (Å²) >= 11 is 20.5. The van der Waals surface area contributed by atoms with Gasteiger partial charge in [0.25, 0.3) is 0 Å². The minimum absolute atomic E-state index is 0.0640. The molecule has 110 heavy (non-hydrogen) atoms. The maximum Gasteiger partial charge on any atom is 0.341 e. The second-order valence-corrected chi connectivity index (χ2v) is 27.8. The molecule has 12 aromatic rings. The molecular formula is C82H59Br6FO21. The molecule has 0 unspecified atom stereocenters. The summed E-state index contributed by atoms with van der Waals surface area (Å²) in [4.78, 5) is 91.0. The summed E-state index contributed by atoms with van der Waals surface area (Å²) in [6.45, 7) is 0.0681. The van der Waals surface area contributed by atoms with E-state index in [9.17, 15) is 42.7 Å². The maximum absolute atomic E-state index is 13.1. The number of hydrogen-bond acceptors (Lipinski definition) is 18. The molecule has 0 aliphatic carbocycles. The molecule has 0 amide bonds. The van der Waals surface area contributed by atoms with Crippen LogP contribution >= 0.6 is 95.6 Å². The number of benzene rings is 11. The number of esters is 4. The van der Waals surface area contributed by atoms with Crippen LogP contribution in [0.25, 0.3) is 21.9 Å². The lowest BCUT2D eigenvalue weighted by Gasteiger charge is -2.21. The Morgan fingerprint density at radius 2 is 0.845 bits per heavy atom. The third-order valence-electron chi connectivity index (χ3n) is 15.9. The van der Waals surface area contributed by atoms with Gasteiger partial charge in [-0.25, -0.2) is 38.0 Å². The number of methoxy groups -OCH3 is 4. The molecule has 2 aliphatic rings. The summed E-state index contributed by atoms with van der Waals surface area (Å²) in [6.07, 6.45) is 1.78. The quantitative estimate of drug-likeness (QED) is 0.0361. The second-order valence-electron chi connectivity index (χ2n) is 23.0. The van der Waals surface area contributed by atoms with Crippen molar-refractivity contribution in [1.29, 1.82) is 0 Å². The average molecular weight is 1880 g/mol. The van der Waals surface area contributed by atoms with Crippen LogP contribution in [0, 0.1) is 5.82 Å². The van der Waals surface area contributed by atoms with Crippen LogP contribution in [-0.4, -0.2) is 90.7 Å². The second kappa shape index (κ2) is 39.0.